The van der Waals surface area contributed by atoms with Gasteiger partial charge in [-0.25, -0.2) is 4.39 Å². The van der Waals surface area contributed by atoms with Crippen molar-refractivity contribution in [2.45, 2.75) is 18.9 Å². The Morgan fingerprint density at radius 3 is 2.73 bits per heavy atom. The van der Waals surface area contributed by atoms with E-state index in [2.05, 4.69) is 0 Å². The van der Waals surface area contributed by atoms with E-state index in [1.807, 2.05) is 0 Å². The fraction of sp³-hybridized carbons (Fsp3) is 0.400. The van der Waals surface area contributed by atoms with Crippen LogP contribution in [0.1, 0.15) is 24.4 Å². The van der Waals surface area contributed by atoms with E-state index in [4.69, 9.17) is 22.4 Å². The van der Waals surface area contributed by atoms with Gasteiger partial charge in [-0.15, -0.1) is 12.4 Å². The van der Waals surface area contributed by atoms with Crippen molar-refractivity contribution in [1.82, 2.24) is 0 Å². The molecule has 0 amide bonds. The zero-order chi connectivity index (χ0) is 10.6. The van der Waals surface area contributed by atoms with Crippen LogP contribution in [0.3, 0.4) is 0 Å². The number of halogens is 3. The summed E-state index contributed by atoms with van der Waals surface area (Å²) in [5.74, 6) is -0.344. The van der Waals surface area contributed by atoms with Gasteiger partial charge in [0.1, 0.15) is 5.82 Å². The smallest absolute Gasteiger partial charge is 0.123 e. The van der Waals surface area contributed by atoms with Crippen molar-refractivity contribution >= 4 is 24.0 Å². The van der Waals surface area contributed by atoms with E-state index in [0.717, 1.165) is 0 Å². The molecular formula is C10H14Cl2FNO. The summed E-state index contributed by atoms with van der Waals surface area (Å²) in [6.45, 7) is 0.0840. The molecule has 3 N–H and O–H groups in total. The minimum absolute atomic E-state index is 0. The molecule has 1 aromatic rings. The third-order valence-corrected chi connectivity index (χ3v) is 2.37. The van der Waals surface area contributed by atoms with Gasteiger partial charge in [0.2, 0.25) is 0 Å². The molecule has 1 rings (SSSR count). The molecule has 0 aliphatic rings. The first-order chi connectivity index (χ1) is 6.65. The summed E-state index contributed by atoms with van der Waals surface area (Å²) < 4.78 is 12.9. The molecule has 5 heteroatoms. The lowest BCUT2D eigenvalue weighted by Gasteiger charge is -2.12. The van der Waals surface area contributed by atoms with Gasteiger partial charge in [-0.2, -0.15) is 0 Å². The molecular weight excluding hydrogens is 240 g/mol. The standard InChI is InChI=1S/C10H13ClFNO.ClH/c11-9-4-3-7(12)6-8(9)10(13)2-1-5-14;/h3-4,6,10,14H,1-2,5,13H2;1H/t10-;/m1./s1. The normalized spacial score (nSPS) is 12.0. The van der Waals surface area contributed by atoms with E-state index in [1.165, 1.54) is 18.2 Å². The van der Waals surface area contributed by atoms with Crippen molar-refractivity contribution in [3.05, 3.63) is 34.6 Å². The largest absolute Gasteiger partial charge is 0.396 e. The first kappa shape index (κ1) is 14.6. The minimum Gasteiger partial charge on any atom is -0.396 e. The molecule has 0 bridgehead atoms. The Morgan fingerprint density at radius 1 is 1.47 bits per heavy atom. The lowest BCUT2D eigenvalue weighted by Crippen LogP contribution is -2.11. The average Bonchev–Trinajstić information content (AvgIpc) is 2.18. The number of aliphatic hydroxyl groups excluding tert-OH is 1. The predicted molar refractivity (Wildman–Crippen MR) is 61.9 cm³/mol. The first-order valence-corrected chi connectivity index (χ1v) is 4.84. The highest BCUT2D eigenvalue weighted by atomic mass is 35.5. The van der Waals surface area contributed by atoms with E-state index in [0.29, 0.717) is 23.4 Å². The van der Waals surface area contributed by atoms with Crippen LogP contribution in [0.4, 0.5) is 4.39 Å². The zero-order valence-corrected chi connectivity index (χ0v) is 9.69. The van der Waals surface area contributed by atoms with Gasteiger partial charge in [-0.3, -0.25) is 0 Å². The summed E-state index contributed by atoms with van der Waals surface area (Å²) in [4.78, 5) is 0. The Morgan fingerprint density at radius 2 is 2.13 bits per heavy atom. The van der Waals surface area contributed by atoms with Crippen LogP contribution in [0.15, 0.2) is 18.2 Å². The summed E-state index contributed by atoms with van der Waals surface area (Å²) >= 11 is 5.86. The van der Waals surface area contributed by atoms with Crippen LogP contribution in [-0.2, 0) is 0 Å². The van der Waals surface area contributed by atoms with Gasteiger partial charge in [-0.05, 0) is 36.6 Å². The van der Waals surface area contributed by atoms with Crippen LogP contribution in [0.2, 0.25) is 5.02 Å². The van der Waals surface area contributed by atoms with Gasteiger partial charge >= 0.3 is 0 Å². The van der Waals surface area contributed by atoms with Crippen molar-refractivity contribution < 1.29 is 9.50 Å². The molecule has 0 aliphatic heterocycles. The Kier molecular flexibility index (Phi) is 6.85. The van der Waals surface area contributed by atoms with E-state index >= 15 is 0 Å². The highest BCUT2D eigenvalue weighted by Gasteiger charge is 2.10. The molecule has 0 saturated carbocycles. The molecule has 0 spiro atoms. The van der Waals surface area contributed by atoms with E-state index in [1.54, 1.807) is 0 Å². The Balaban J connectivity index is 0.00000196. The highest BCUT2D eigenvalue weighted by Crippen LogP contribution is 2.24. The number of benzene rings is 1. The third kappa shape index (κ3) is 4.34. The summed E-state index contributed by atoms with van der Waals surface area (Å²) in [5, 5.41) is 9.09. The third-order valence-electron chi connectivity index (χ3n) is 2.03. The molecule has 2 nitrogen and oxygen atoms in total. The molecule has 0 saturated heterocycles. The van der Waals surface area contributed by atoms with Crippen molar-refractivity contribution in [3.8, 4) is 0 Å². The first-order valence-electron chi connectivity index (χ1n) is 4.46. The van der Waals surface area contributed by atoms with Crippen LogP contribution < -0.4 is 5.73 Å². The lowest BCUT2D eigenvalue weighted by molar-refractivity contribution is 0.280. The SMILES string of the molecule is Cl.N[C@H](CCCO)c1cc(F)ccc1Cl. The average molecular weight is 254 g/mol. The van der Waals surface area contributed by atoms with Crippen molar-refractivity contribution in [2.24, 2.45) is 5.73 Å². The molecule has 0 fully saturated rings. The predicted octanol–water partition coefficient (Wildman–Crippen LogP) is 2.67. The summed E-state index contributed by atoms with van der Waals surface area (Å²) in [7, 11) is 0. The van der Waals surface area contributed by atoms with E-state index in [-0.39, 0.29) is 30.9 Å². The zero-order valence-electron chi connectivity index (χ0n) is 8.12. The second-order valence-electron chi connectivity index (χ2n) is 3.14. The minimum atomic E-state index is -0.344. The fourth-order valence-corrected chi connectivity index (χ4v) is 1.52. The monoisotopic (exact) mass is 253 g/mol. The van der Waals surface area contributed by atoms with Crippen molar-refractivity contribution in [3.63, 3.8) is 0 Å². The van der Waals surface area contributed by atoms with Gasteiger partial charge < -0.3 is 10.8 Å². The number of aliphatic hydroxyl groups is 1. The summed E-state index contributed by atoms with van der Waals surface area (Å²) in [6, 6.07) is 3.81. The van der Waals surface area contributed by atoms with Gasteiger partial charge in [0.15, 0.2) is 0 Å². The van der Waals surface area contributed by atoms with Crippen LogP contribution in [0, 0.1) is 5.82 Å². The molecule has 0 aliphatic carbocycles. The Hall–Kier alpha value is -0.350. The maximum absolute atomic E-state index is 12.9. The van der Waals surface area contributed by atoms with Crippen LogP contribution >= 0.6 is 24.0 Å². The van der Waals surface area contributed by atoms with E-state index in [9.17, 15) is 4.39 Å². The maximum Gasteiger partial charge on any atom is 0.123 e. The highest BCUT2D eigenvalue weighted by molar-refractivity contribution is 6.31. The van der Waals surface area contributed by atoms with Crippen molar-refractivity contribution in [1.29, 1.82) is 0 Å². The molecule has 0 aromatic heterocycles. The fourth-order valence-electron chi connectivity index (χ4n) is 1.27. The topological polar surface area (TPSA) is 46.2 Å². The number of nitrogens with two attached hydrogens (primary N) is 1. The number of hydrogen-bond donors (Lipinski definition) is 2. The van der Waals surface area contributed by atoms with Gasteiger partial charge in [0.25, 0.3) is 0 Å². The number of rotatable bonds is 4. The van der Waals surface area contributed by atoms with Crippen LogP contribution in [-0.4, -0.2) is 11.7 Å². The van der Waals surface area contributed by atoms with E-state index < -0.39 is 0 Å². The molecule has 0 radical (unpaired) electrons. The number of hydrogen-bond acceptors (Lipinski definition) is 2. The lowest BCUT2D eigenvalue weighted by atomic mass is 10.0. The van der Waals surface area contributed by atoms with Gasteiger partial charge in [0.05, 0.1) is 0 Å². The molecule has 15 heavy (non-hydrogen) atoms. The molecule has 1 atom stereocenters. The Bertz CT molecular complexity index is 309. The van der Waals surface area contributed by atoms with Crippen LogP contribution in [0.25, 0.3) is 0 Å². The second kappa shape index (κ2) is 7.01. The van der Waals surface area contributed by atoms with Gasteiger partial charge in [0, 0.05) is 17.7 Å². The quantitative estimate of drug-likeness (QED) is 0.867. The molecule has 1 aromatic carbocycles. The molecule has 0 unspecified atom stereocenters. The second-order valence-corrected chi connectivity index (χ2v) is 3.55. The summed E-state index contributed by atoms with van der Waals surface area (Å²) in [6.07, 6.45) is 1.19. The molecule has 86 valence electrons. The maximum atomic E-state index is 12.9. The van der Waals surface area contributed by atoms with Crippen LogP contribution in [0.5, 0.6) is 0 Å². The van der Waals surface area contributed by atoms with Crippen molar-refractivity contribution in [2.75, 3.05) is 6.61 Å². The van der Waals surface area contributed by atoms with Gasteiger partial charge in [-0.1, -0.05) is 11.6 Å². The molecule has 0 heterocycles. The Labute approximate surface area is 99.6 Å². The summed E-state index contributed by atoms with van der Waals surface area (Å²) in [5.41, 5.74) is 6.39.